The standard InChI is InChI=1S/C18H26FN/c1-12-10-15(8-9-17(12)19)18(20)16-7-6-13-4-2-3-5-14(13)11-16/h8-10,13-14,16,18H,2-7,11,20H2,1H3. The summed E-state index contributed by atoms with van der Waals surface area (Å²) in [4.78, 5) is 0. The number of halogens is 1. The Morgan fingerprint density at radius 2 is 1.85 bits per heavy atom. The summed E-state index contributed by atoms with van der Waals surface area (Å²) >= 11 is 0. The highest BCUT2D eigenvalue weighted by Gasteiger charge is 2.34. The molecule has 2 aliphatic carbocycles. The van der Waals surface area contributed by atoms with Crippen molar-refractivity contribution in [3.63, 3.8) is 0 Å². The van der Waals surface area contributed by atoms with Crippen LogP contribution in [0.3, 0.4) is 0 Å². The van der Waals surface area contributed by atoms with Crippen molar-refractivity contribution < 1.29 is 4.39 Å². The van der Waals surface area contributed by atoms with E-state index in [-0.39, 0.29) is 11.9 Å². The Morgan fingerprint density at radius 3 is 2.60 bits per heavy atom. The van der Waals surface area contributed by atoms with Crippen molar-refractivity contribution in [3.05, 3.63) is 35.1 Å². The van der Waals surface area contributed by atoms with Crippen LogP contribution in [0.5, 0.6) is 0 Å². The molecule has 0 heterocycles. The first-order chi connectivity index (χ1) is 9.65. The van der Waals surface area contributed by atoms with Gasteiger partial charge in [-0.15, -0.1) is 0 Å². The molecular weight excluding hydrogens is 249 g/mol. The van der Waals surface area contributed by atoms with Crippen molar-refractivity contribution in [3.8, 4) is 0 Å². The van der Waals surface area contributed by atoms with E-state index < -0.39 is 0 Å². The van der Waals surface area contributed by atoms with Crippen molar-refractivity contribution in [2.24, 2.45) is 23.5 Å². The molecule has 2 heteroatoms. The zero-order valence-electron chi connectivity index (χ0n) is 12.4. The fourth-order valence-corrected chi connectivity index (χ4v) is 4.38. The molecule has 1 nitrogen and oxygen atoms in total. The Kier molecular flexibility index (Phi) is 4.11. The number of nitrogens with two attached hydrogens (primary N) is 1. The number of rotatable bonds is 2. The molecule has 2 aliphatic rings. The summed E-state index contributed by atoms with van der Waals surface area (Å²) in [6.45, 7) is 1.82. The predicted octanol–water partition coefficient (Wildman–Crippen LogP) is 4.74. The van der Waals surface area contributed by atoms with Gasteiger partial charge in [0.15, 0.2) is 0 Å². The lowest BCUT2D eigenvalue weighted by atomic mass is 9.65. The molecule has 2 fully saturated rings. The van der Waals surface area contributed by atoms with Crippen LogP contribution < -0.4 is 5.73 Å². The highest BCUT2D eigenvalue weighted by atomic mass is 19.1. The van der Waals surface area contributed by atoms with Crippen LogP contribution in [0, 0.1) is 30.5 Å². The van der Waals surface area contributed by atoms with E-state index in [1.807, 2.05) is 19.1 Å². The van der Waals surface area contributed by atoms with Crippen LogP contribution in [0.25, 0.3) is 0 Å². The number of fused-ring (bicyclic) bond motifs is 1. The van der Waals surface area contributed by atoms with E-state index in [0.29, 0.717) is 11.5 Å². The summed E-state index contributed by atoms with van der Waals surface area (Å²) < 4.78 is 13.4. The van der Waals surface area contributed by atoms with Gasteiger partial charge in [0, 0.05) is 6.04 Å². The van der Waals surface area contributed by atoms with Crippen LogP contribution in [0.15, 0.2) is 18.2 Å². The minimum absolute atomic E-state index is 0.0807. The largest absolute Gasteiger partial charge is 0.324 e. The first kappa shape index (κ1) is 14.1. The van der Waals surface area contributed by atoms with Crippen LogP contribution in [0.2, 0.25) is 0 Å². The molecule has 4 unspecified atom stereocenters. The third kappa shape index (κ3) is 2.76. The van der Waals surface area contributed by atoms with Gasteiger partial charge >= 0.3 is 0 Å². The molecule has 3 rings (SSSR count). The normalized spacial score (nSPS) is 31.6. The SMILES string of the molecule is Cc1cc(C(N)C2CCC3CCCCC3C2)ccc1F. The minimum Gasteiger partial charge on any atom is -0.324 e. The Balaban J connectivity index is 1.70. The lowest BCUT2D eigenvalue weighted by Crippen LogP contribution is -2.33. The van der Waals surface area contributed by atoms with Gasteiger partial charge in [0.2, 0.25) is 0 Å². The van der Waals surface area contributed by atoms with Crippen molar-refractivity contribution >= 4 is 0 Å². The number of hydrogen-bond acceptors (Lipinski definition) is 1. The molecule has 2 N–H and O–H groups in total. The van der Waals surface area contributed by atoms with Gasteiger partial charge in [-0.2, -0.15) is 0 Å². The minimum atomic E-state index is -0.128. The van der Waals surface area contributed by atoms with E-state index in [1.54, 1.807) is 6.07 Å². The molecule has 110 valence electrons. The zero-order chi connectivity index (χ0) is 14.1. The molecule has 0 aliphatic heterocycles. The molecule has 1 aromatic rings. The highest BCUT2D eigenvalue weighted by Crippen LogP contribution is 2.45. The average Bonchev–Trinajstić information content (AvgIpc) is 2.49. The van der Waals surface area contributed by atoms with Crippen LogP contribution in [-0.2, 0) is 0 Å². The zero-order valence-corrected chi connectivity index (χ0v) is 12.4. The third-order valence-corrected chi connectivity index (χ3v) is 5.66. The van der Waals surface area contributed by atoms with E-state index >= 15 is 0 Å². The number of benzene rings is 1. The molecular formula is C18H26FN. The first-order valence-electron chi connectivity index (χ1n) is 8.17. The van der Waals surface area contributed by atoms with Gasteiger partial charge in [0.1, 0.15) is 5.82 Å². The average molecular weight is 275 g/mol. The van der Waals surface area contributed by atoms with Crippen molar-refractivity contribution in [2.45, 2.75) is 57.9 Å². The van der Waals surface area contributed by atoms with Gasteiger partial charge in [-0.3, -0.25) is 0 Å². The smallest absolute Gasteiger partial charge is 0.126 e. The predicted molar refractivity (Wildman–Crippen MR) is 80.9 cm³/mol. The Labute approximate surface area is 121 Å². The van der Waals surface area contributed by atoms with Gasteiger partial charge in [0.25, 0.3) is 0 Å². The summed E-state index contributed by atoms with van der Waals surface area (Å²) in [5.41, 5.74) is 8.31. The maximum atomic E-state index is 13.4. The molecule has 4 atom stereocenters. The summed E-state index contributed by atoms with van der Waals surface area (Å²) in [6, 6.07) is 5.46. The molecule has 2 saturated carbocycles. The van der Waals surface area contributed by atoms with E-state index in [2.05, 4.69) is 0 Å². The van der Waals surface area contributed by atoms with E-state index in [0.717, 1.165) is 17.4 Å². The summed E-state index contributed by atoms with van der Waals surface area (Å²) in [5.74, 6) is 2.31. The summed E-state index contributed by atoms with van der Waals surface area (Å²) in [5, 5.41) is 0. The molecule has 0 aromatic heterocycles. The molecule has 20 heavy (non-hydrogen) atoms. The summed E-state index contributed by atoms with van der Waals surface area (Å²) in [7, 11) is 0. The Hall–Kier alpha value is -0.890. The van der Waals surface area contributed by atoms with E-state index in [9.17, 15) is 4.39 Å². The van der Waals surface area contributed by atoms with E-state index in [1.165, 1.54) is 44.9 Å². The maximum Gasteiger partial charge on any atom is 0.126 e. The Bertz CT molecular complexity index is 470. The molecule has 1 aromatic carbocycles. The molecule has 0 radical (unpaired) electrons. The topological polar surface area (TPSA) is 26.0 Å². The fraction of sp³-hybridized carbons (Fsp3) is 0.667. The number of aryl methyl sites for hydroxylation is 1. The summed E-state index contributed by atoms with van der Waals surface area (Å²) in [6.07, 6.45) is 9.54. The van der Waals surface area contributed by atoms with Crippen LogP contribution in [-0.4, -0.2) is 0 Å². The van der Waals surface area contributed by atoms with Gasteiger partial charge in [-0.25, -0.2) is 4.39 Å². The van der Waals surface area contributed by atoms with Crippen molar-refractivity contribution in [1.82, 2.24) is 0 Å². The monoisotopic (exact) mass is 275 g/mol. The molecule has 0 saturated heterocycles. The van der Waals surface area contributed by atoms with E-state index in [4.69, 9.17) is 5.73 Å². The van der Waals surface area contributed by atoms with Crippen LogP contribution >= 0.6 is 0 Å². The fourth-order valence-electron chi connectivity index (χ4n) is 4.38. The maximum absolute atomic E-state index is 13.4. The molecule has 0 bridgehead atoms. The van der Waals surface area contributed by atoms with Crippen molar-refractivity contribution in [2.75, 3.05) is 0 Å². The van der Waals surface area contributed by atoms with Gasteiger partial charge in [-0.1, -0.05) is 37.8 Å². The molecule has 0 spiro atoms. The highest BCUT2D eigenvalue weighted by molar-refractivity contribution is 5.26. The Morgan fingerprint density at radius 1 is 1.10 bits per heavy atom. The second kappa shape index (κ2) is 5.85. The second-order valence-corrected chi connectivity index (χ2v) is 6.91. The number of hydrogen-bond donors (Lipinski definition) is 1. The quantitative estimate of drug-likeness (QED) is 0.829. The molecule has 0 amide bonds. The van der Waals surface area contributed by atoms with Crippen LogP contribution in [0.4, 0.5) is 4.39 Å². The van der Waals surface area contributed by atoms with Crippen LogP contribution in [0.1, 0.15) is 62.1 Å². The van der Waals surface area contributed by atoms with Crippen molar-refractivity contribution in [1.29, 1.82) is 0 Å². The lowest BCUT2D eigenvalue weighted by Gasteiger charge is -2.41. The first-order valence-corrected chi connectivity index (χ1v) is 8.17. The third-order valence-electron chi connectivity index (χ3n) is 5.66. The van der Waals surface area contributed by atoms with Gasteiger partial charge in [0.05, 0.1) is 0 Å². The van der Waals surface area contributed by atoms with Gasteiger partial charge in [-0.05, 0) is 61.1 Å². The lowest BCUT2D eigenvalue weighted by molar-refractivity contribution is 0.117. The second-order valence-electron chi connectivity index (χ2n) is 6.91. The van der Waals surface area contributed by atoms with Gasteiger partial charge < -0.3 is 5.73 Å².